The number of aliphatic hydroxyl groups is 1. The number of carboxylic acid groups (broad SMARTS) is 1. The van der Waals surface area contributed by atoms with Crippen molar-refractivity contribution >= 4 is 16.9 Å². The normalized spacial score (nSPS) is 10.6. The van der Waals surface area contributed by atoms with Crippen molar-refractivity contribution in [3.63, 3.8) is 0 Å². The van der Waals surface area contributed by atoms with Crippen molar-refractivity contribution in [1.82, 2.24) is 0 Å². The Kier molecular flexibility index (Phi) is 2.93. The van der Waals surface area contributed by atoms with Crippen LogP contribution in [0.5, 0.6) is 0 Å². The molecule has 0 aliphatic carbocycles. The van der Waals surface area contributed by atoms with Gasteiger partial charge in [0.2, 0.25) is 0 Å². The van der Waals surface area contributed by atoms with E-state index in [-0.39, 0.29) is 13.0 Å². The molecule has 2 N–H and O–H groups in total. The highest BCUT2D eigenvalue weighted by Crippen LogP contribution is 2.19. The molecule has 5 heteroatoms. The van der Waals surface area contributed by atoms with Crippen LogP contribution in [0.15, 0.2) is 33.5 Å². The molecule has 2 rings (SSSR count). The molecule has 0 aliphatic rings. The van der Waals surface area contributed by atoms with Crippen LogP contribution in [0.4, 0.5) is 0 Å². The largest absolute Gasteiger partial charge is 0.481 e. The first kappa shape index (κ1) is 11.3. The third kappa shape index (κ3) is 2.34. The first-order valence-electron chi connectivity index (χ1n) is 4.98. The van der Waals surface area contributed by atoms with Crippen LogP contribution in [0.2, 0.25) is 0 Å². The Balaban J connectivity index is 2.61. The van der Waals surface area contributed by atoms with E-state index in [1.807, 2.05) is 0 Å². The molecule has 1 heterocycles. The number of benzene rings is 1. The van der Waals surface area contributed by atoms with Crippen LogP contribution in [0.3, 0.4) is 0 Å². The fraction of sp³-hybridized carbons (Fsp3) is 0.167. The summed E-state index contributed by atoms with van der Waals surface area (Å²) in [5.74, 6) is -0.954. The van der Waals surface area contributed by atoms with Gasteiger partial charge >= 0.3 is 11.6 Å². The molecule has 0 saturated carbocycles. The molecule has 2 aromatic rings. The topological polar surface area (TPSA) is 87.7 Å². The van der Waals surface area contributed by atoms with E-state index < -0.39 is 11.6 Å². The van der Waals surface area contributed by atoms with Crippen molar-refractivity contribution in [2.75, 3.05) is 0 Å². The Hall–Kier alpha value is -2.14. The summed E-state index contributed by atoms with van der Waals surface area (Å²) in [5, 5.41) is 18.4. The van der Waals surface area contributed by atoms with Crippen molar-refractivity contribution in [3.05, 3.63) is 45.8 Å². The smallest absolute Gasteiger partial charge is 0.336 e. The first-order chi connectivity index (χ1) is 8.10. The Morgan fingerprint density at radius 1 is 1.29 bits per heavy atom. The fourth-order valence-electron chi connectivity index (χ4n) is 1.69. The van der Waals surface area contributed by atoms with Gasteiger partial charge in [-0.3, -0.25) is 4.79 Å². The van der Waals surface area contributed by atoms with E-state index in [9.17, 15) is 9.59 Å². The van der Waals surface area contributed by atoms with Crippen LogP contribution in [-0.2, 0) is 17.8 Å². The molecule has 0 bridgehead atoms. The lowest BCUT2D eigenvalue weighted by Crippen LogP contribution is -2.03. The van der Waals surface area contributed by atoms with Gasteiger partial charge in [-0.1, -0.05) is 12.1 Å². The molecule has 0 radical (unpaired) electrons. The van der Waals surface area contributed by atoms with Crippen molar-refractivity contribution in [2.45, 2.75) is 13.0 Å². The van der Waals surface area contributed by atoms with Gasteiger partial charge in [-0.2, -0.15) is 0 Å². The standard InChI is InChI=1S/C12H10O5/c13-6-8-5-12(16)17-10-3-7(4-11(14)15)1-2-9(8)10/h1-3,5,13H,4,6H2,(H,14,15). The van der Waals surface area contributed by atoms with Gasteiger partial charge in [0, 0.05) is 11.5 Å². The summed E-state index contributed by atoms with van der Waals surface area (Å²) >= 11 is 0. The third-order valence-electron chi connectivity index (χ3n) is 2.42. The second-order valence-corrected chi connectivity index (χ2v) is 3.65. The monoisotopic (exact) mass is 234 g/mol. The van der Waals surface area contributed by atoms with E-state index >= 15 is 0 Å². The number of rotatable bonds is 3. The Bertz CT molecular complexity index is 626. The van der Waals surface area contributed by atoms with E-state index in [0.717, 1.165) is 0 Å². The molecular formula is C12H10O5. The third-order valence-corrected chi connectivity index (χ3v) is 2.42. The van der Waals surface area contributed by atoms with E-state index in [0.29, 0.717) is 22.1 Å². The maximum atomic E-state index is 11.2. The maximum Gasteiger partial charge on any atom is 0.336 e. The van der Waals surface area contributed by atoms with Gasteiger partial charge in [-0.25, -0.2) is 4.79 Å². The number of aliphatic carboxylic acids is 1. The molecule has 0 amide bonds. The van der Waals surface area contributed by atoms with Crippen LogP contribution < -0.4 is 5.63 Å². The van der Waals surface area contributed by atoms with E-state index in [4.69, 9.17) is 14.6 Å². The fourth-order valence-corrected chi connectivity index (χ4v) is 1.69. The summed E-state index contributed by atoms with van der Waals surface area (Å²) in [7, 11) is 0. The lowest BCUT2D eigenvalue weighted by atomic mass is 10.1. The van der Waals surface area contributed by atoms with E-state index in [1.165, 1.54) is 12.1 Å². The zero-order valence-electron chi connectivity index (χ0n) is 8.84. The minimum Gasteiger partial charge on any atom is -0.481 e. The number of hydrogen-bond donors (Lipinski definition) is 2. The second-order valence-electron chi connectivity index (χ2n) is 3.65. The summed E-state index contributed by atoms with van der Waals surface area (Å²) in [4.78, 5) is 21.8. The predicted molar refractivity (Wildman–Crippen MR) is 59.7 cm³/mol. The summed E-state index contributed by atoms with van der Waals surface area (Å²) in [6, 6.07) is 6.00. The molecule has 1 aromatic carbocycles. The minimum atomic E-state index is -0.954. The van der Waals surface area contributed by atoms with Crippen LogP contribution in [0.1, 0.15) is 11.1 Å². The summed E-state index contributed by atoms with van der Waals surface area (Å²) in [6.45, 7) is -0.264. The van der Waals surface area contributed by atoms with Gasteiger partial charge in [-0.15, -0.1) is 0 Å². The van der Waals surface area contributed by atoms with Crippen molar-refractivity contribution in [2.24, 2.45) is 0 Å². The lowest BCUT2D eigenvalue weighted by Gasteiger charge is -2.03. The summed E-state index contributed by atoms with van der Waals surface area (Å²) in [5.41, 5.74) is 0.746. The van der Waals surface area contributed by atoms with Gasteiger partial charge in [0.15, 0.2) is 0 Å². The zero-order chi connectivity index (χ0) is 12.4. The van der Waals surface area contributed by atoms with Gasteiger partial charge in [0.1, 0.15) is 5.58 Å². The molecule has 0 saturated heterocycles. The van der Waals surface area contributed by atoms with Crippen molar-refractivity contribution in [3.8, 4) is 0 Å². The number of aliphatic hydroxyl groups excluding tert-OH is 1. The Morgan fingerprint density at radius 2 is 2.06 bits per heavy atom. The van der Waals surface area contributed by atoms with E-state index in [1.54, 1.807) is 12.1 Å². The zero-order valence-corrected chi connectivity index (χ0v) is 8.84. The summed E-state index contributed by atoms with van der Waals surface area (Å²) in [6.07, 6.45) is -0.136. The van der Waals surface area contributed by atoms with Gasteiger partial charge in [-0.05, 0) is 17.2 Å². The molecule has 0 spiro atoms. The molecule has 88 valence electrons. The average molecular weight is 234 g/mol. The number of fused-ring (bicyclic) bond motifs is 1. The van der Waals surface area contributed by atoms with E-state index in [2.05, 4.69) is 0 Å². The quantitative estimate of drug-likeness (QED) is 0.771. The van der Waals surface area contributed by atoms with Crippen LogP contribution in [0, 0.1) is 0 Å². The number of carboxylic acids is 1. The lowest BCUT2D eigenvalue weighted by molar-refractivity contribution is -0.136. The first-order valence-corrected chi connectivity index (χ1v) is 4.98. The molecule has 17 heavy (non-hydrogen) atoms. The highest BCUT2D eigenvalue weighted by atomic mass is 16.4. The highest BCUT2D eigenvalue weighted by Gasteiger charge is 2.07. The average Bonchev–Trinajstić information content (AvgIpc) is 2.26. The summed E-state index contributed by atoms with van der Waals surface area (Å²) < 4.78 is 4.97. The molecule has 0 aliphatic heterocycles. The highest BCUT2D eigenvalue weighted by molar-refractivity contribution is 5.82. The van der Waals surface area contributed by atoms with Crippen LogP contribution in [0.25, 0.3) is 11.0 Å². The minimum absolute atomic E-state index is 0.136. The Morgan fingerprint density at radius 3 is 2.71 bits per heavy atom. The van der Waals surface area contributed by atoms with Gasteiger partial charge in [0.25, 0.3) is 0 Å². The molecular weight excluding hydrogens is 224 g/mol. The van der Waals surface area contributed by atoms with Crippen LogP contribution in [-0.4, -0.2) is 16.2 Å². The molecule has 1 aromatic heterocycles. The van der Waals surface area contributed by atoms with Crippen molar-refractivity contribution in [1.29, 1.82) is 0 Å². The Labute approximate surface area is 95.9 Å². The second kappa shape index (κ2) is 4.39. The molecule has 0 unspecified atom stereocenters. The van der Waals surface area contributed by atoms with Gasteiger partial charge in [0.05, 0.1) is 13.0 Å². The molecule has 0 fully saturated rings. The van der Waals surface area contributed by atoms with Crippen molar-refractivity contribution < 1.29 is 19.4 Å². The number of carbonyl (C=O) groups is 1. The number of hydrogen-bond acceptors (Lipinski definition) is 4. The van der Waals surface area contributed by atoms with Gasteiger partial charge < -0.3 is 14.6 Å². The maximum absolute atomic E-state index is 11.2. The van der Waals surface area contributed by atoms with Crippen LogP contribution >= 0.6 is 0 Å². The molecule has 5 nitrogen and oxygen atoms in total. The molecule has 0 atom stereocenters. The SMILES string of the molecule is O=C(O)Cc1ccc2c(CO)cc(=O)oc2c1. The predicted octanol–water partition coefficient (Wildman–Crippen LogP) is 0.912.